The maximum Gasteiger partial charge on any atom is 0.140 e. The van der Waals surface area contributed by atoms with Crippen molar-refractivity contribution in [1.82, 2.24) is 9.78 Å². The Morgan fingerprint density at radius 2 is 2.16 bits per heavy atom. The van der Waals surface area contributed by atoms with Gasteiger partial charge in [0.25, 0.3) is 0 Å². The Morgan fingerprint density at radius 1 is 1.44 bits per heavy atom. The number of aliphatic hydroxyl groups excluding tert-OH is 1. The number of rotatable bonds is 5. The molecule has 0 radical (unpaired) electrons. The van der Waals surface area contributed by atoms with E-state index in [1.807, 2.05) is 18.2 Å². The van der Waals surface area contributed by atoms with Crippen LogP contribution in [0.4, 0.5) is 5.82 Å². The minimum Gasteiger partial charge on any atom is -0.495 e. The van der Waals surface area contributed by atoms with Gasteiger partial charge in [0.1, 0.15) is 35.0 Å². The summed E-state index contributed by atoms with van der Waals surface area (Å²) in [5.74, 6) is 0.756. The third-order valence-corrected chi connectivity index (χ3v) is 4.76. The zero-order valence-corrected chi connectivity index (χ0v) is 17.4. The van der Waals surface area contributed by atoms with Gasteiger partial charge in [0, 0.05) is 9.13 Å². The predicted molar refractivity (Wildman–Crippen MR) is 110 cm³/mol. The van der Waals surface area contributed by atoms with E-state index in [0.29, 0.717) is 11.3 Å². The van der Waals surface area contributed by atoms with Gasteiger partial charge in [-0.05, 0) is 63.4 Å². The van der Waals surface area contributed by atoms with Crippen LogP contribution in [0.25, 0.3) is 11.6 Å². The van der Waals surface area contributed by atoms with Gasteiger partial charge < -0.3 is 15.6 Å². The highest BCUT2D eigenvalue weighted by Crippen LogP contribution is 2.32. The van der Waals surface area contributed by atoms with Gasteiger partial charge in [-0.15, -0.1) is 0 Å². The highest BCUT2D eigenvalue weighted by atomic mass is 127. The van der Waals surface area contributed by atoms with E-state index in [2.05, 4.69) is 56.3 Å². The Labute approximate surface area is 172 Å². The largest absolute Gasteiger partial charge is 0.495 e. The molecular weight excluding hydrogens is 548 g/mol. The lowest BCUT2D eigenvalue weighted by molar-refractivity contribution is 0.270. The molecule has 3 N–H and O–H groups in total. The van der Waals surface area contributed by atoms with Crippen molar-refractivity contribution < 1.29 is 9.84 Å². The van der Waals surface area contributed by atoms with Gasteiger partial charge in [-0.1, -0.05) is 0 Å². The number of ether oxygens (including phenoxy) is 1. The van der Waals surface area contributed by atoms with Crippen molar-refractivity contribution in [3.8, 4) is 17.9 Å². The van der Waals surface area contributed by atoms with Crippen molar-refractivity contribution in [3.05, 3.63) is 36.1 Å². The van der Waals surface area contributed by atoms with Crippen LogP contribution in [0.5, 0.6) is 5.75 Å². The number of aliphatic hydroxyl groups is 1. The SMILES string of the molecule is COc1c(I)cc(I)cc1/C=C(\C#N)c1nn(CCO)c(N)c1C#N. The molecule has 9 heteroatoms. The van der Waals surface area contributed by atoms with E-state index < -0.39 is 0 Å². The number of nitrogens with two attached hydrogens (primary N) is 1. The molecule has 0 saturated carbocycles. The highest BCUT2D eigenvalue weighted by molar-refractivity contribution is 14.1. The highest BCUT2D eigenvalue weighted by Gasteiger charge is 2.19. The van der Waals surface area contributed by atoms with E-state index in [-0.39, 0.29) is 35.8 Å². The molecule has 128 valence electrons. The second kappa shape index (κ2) is 8.51. The Balaban J connectivity index is 2.67. The second-order valence-corrected chi connectivity index (χ2v) is 7.26. The number of aromatic nitrogens is 2. The number of benzene rings is 1. The fraction of sp³-hybridized carbons (Fsp3) is 0.188. The number of anilines is 1. The summed E-state index contributed by atoms with van der Waals surface area (Å²) >= 11 is 4.34. The Morgan fingerprint density at radius 3 is 2.72 bits per heavy atom. The molecule has 0 aliphatic carbocycles. The van der Waals surface area contributed by atoms with Gasteiger partial charge in [0.15, 0.2) is 0 Å². The molecule has 7 nitrogen and oxygen atoms in total. The van der Waals surface area contributed by atoms with Crippen LogP contribution in [-0.2, 0) is 6.54 Å². The third-order valence-electron chi connectivity index (χ3n) is 3.33. The zero-order chi connectivity index (χ0) is 18.6. The second-order valence-electron chi connectivity index (χ2n) is 4.85. The van der Waals surface area contributed by atoms with Crippen LogP contribution in [0.2, 0.25) is 0 Å². The van der Waals surface area contributed by atoms with E-state index in [1.54, 1.807) is 13.2 Å². The summed E-state index contributed by atoms with van der Waals surface area (Å²) in [6.45, 7) is -0.0334. The van der Waals surface area contributed by atoms with Crippen molar-refractivity contribution in [2.24, 2.45) is 0 Å². The fourth-order valence-corrected chi connectivity index (χ4v) is 4.36. The maximum atomic E-state index is 9.58. The lowest BCUT2D eigenvalue weighted by Crippen LogP contribution is -2.07. The number of halogens is 2. The molecule has 0 bridgehead atoms. The first-order chi connectivity index (χ1) is 12.0. The van der Waals surface area contributed by atoms with Crippen molar-refractivity contribution in [3.63, 3.8) is 0 Å². The topological polar surface area (TPSA) is 121 Å². The van der Waals surface area contributed by atoms with Crippen LogP contribution in [0.3, 0.4) is 0 Å². The van der Waals surface area contributed by atoms with Crippen LogP contribution >= 0.6 is 45.2 Å². The number of nitrogen functional groups attached to an aromatic ring is 1. The van der Waals surface area contributed by atoms with Crippen LogP contribution < -0.4 is 10.5 Å². The van der Waals surface area contributed by atoms with Crippen molar-refractivity contribution in [2.75, 3.05) is 19.5 Å². The molecule has 1 heterocycles. The first-order valence-electron chi connectivity index (χ1n) is 6.99. The molecule has 1 aromatic heterocycles. The molecule has 0 atom stereocenters. The first-order valence-corrected chi connectivity index (χ1v) is 9.15. The molecule has 0 saturated heterocycles. The maximum absolute atomic E-state index is 9.58. The van der Waals surface area contributed by atoms with E-state index in [9.17, 15) is 10.5 Å². The van der Waals surface area contributed by atoms with E-state index in [1.165, 1.54) is 4.68 Å². The fourth-order valence-electron chi connectivity index (χ4n) is 2.25. The van der Waals surface area contributed by atoms with Crippen LogP contribution in [0, 0.1) is 29.8 Å². The number of nitriles is 2. The van der Waals surface area contributed by atoms with Crippen LogP contribution in [0.1, 0.15) is 16.8 Å². The minimum atomic E-state index is -0.176. The Hall–Kier alpha value is -1.83. The van der Waals surface area contributed by atoms with Crippen molar-refractivity contribution in [2.45, 2.75) is 6.54 Å². The normalized spacial score (nSPS) is 11.0. The molecule has 2 rings (SSSR count). The molecular formula is C16H13I2N5O2. The monoisotopic (exact) mass is 561 g/mol. The minimum absolute atomic E-state index is 0.112. The molecule has 0 aliphatic rings. The molecule has 2 aromatic rings. The number of hydrogen-bond acceptors (Lipinski definition) is 6. The smallest absolute Gasteiger partial charge is 0.140 e. The molecule has 1 aromatic carbocycles. The van der Waals surface area contributed by atoms with Crippen molar-refractivity contribution in [1.29, 1.82) is 10.5 Å². The van der Waals surface area contributed by atoms with Crippen molar-refractivity contribution >= 4 is 62.6 Å². The zero-order valence-electron chi connectivity index (χ0n) is 13.1. The third kappa shape index (κ3) is 4.05. The van der Waals surface area contributed by atoms with Gasteiger partial charge in [-0.25, -0.2) is 4.68 Å². The summed E-state index contributed by atoms with van der Waals surface area (Å²) < 4.78 is 8.63. The molecule has 0 aliphatic heterocycles. The molecule has 0 unspecified atom stereocenters. The lowest BCUT2D eigenvalue weighted by atomic mass is 10.1. The summed E-state index contributed by atoms with van der Waals surface area (Å²) in [4.78, 5) is 0. The average Bonchev–Trinajstić information content (AvgIpc) is 2.88. The number of hydrogen-bond donors (Lipinski definition) is 2. The predicted octanol–water partition coefficient (Wildman–Crippen LogP) is 2.61. The average molecular weight is 561 g/mol. The summed E-state index contributed by atoms with van der Waals surface area (Å²) in [6.07, 6.45) is 1.62. The van der Waals surface area contributed by atoms with Gasteiger partial charge >= 0.3 is 0 Å². The molecule has 0 fully saturated rings. The van der Waals surface area contributed by atoms with E-state index in [4.69, 9.17) is 15.6 Å². The summed E-state index contributed by atoms with van der Waals surface area (Å²) in [7, 11) is 1.56. The summed E-state index contributed by atoms with van der Waals surface area (Å²) in [5.41, 5.74) is 7.09. The van der Waals surface area contributed by atoms with Crippen LogP contribution in [0.15, 0.2) is 12.1 Å². The Kier molecular flexibility index (Phi) is 6.64. The van der Waals surface area contributed by atoms with Crippen LogP contribution in [-0.4, -0.2) is 28.6 Å². The van der Waals surface area contributed by atoms with Gasteiger partial charge in [0.2, 0.25) is 0 Å². The Bertz CT molecular complexity index is 922. The lowest BCUT2D eigenvalue weighted by Gasteiger charge is -2.08. The van der Waals surface area contributed by atoms with E-state index >= 15 is 0 Å². The number of allylic oxidation sites excluding steroid dienone is 1. The summed E-state index contributed by atoms with van der Waals surface area (Å²) in [6, 6.07) is 7.88. The standard InChI is InChI=1S/C16H13I2N5O2/c1-25-15-9(5-11(17)6-13(15)18)4-10(7-19)14-12(8-20)16(21)23(22-14)2-3-24/h4-6,24H,2-3,21H2,1H3/b10-4+. The first kappa shape index (κ1) is 19.5. The van der Waals surface area contributed by atoms with Gasteiger partial charge in [-0.2, -0.15) is 15.6 Å². The quantitative estimate of drug-likeness (QED) is 0.428. The summed E-state index contributed by atoms with van der Waals surface area (Å²) in [5, 5.41) is 32.2. The van der Waals surface area contributed by atoms with Gasteiger partial charge in [-0.3, -0.25) is 0 Å². The molecule has 0 spiro atoms. The van der Waals surface area contributed by atoms with Gasteiger partial charge in [0.05, 0.1) is 29.4 Å². The molecule has 0 amide bonds. The number of methoxy groups -OCH3 is 1. The van der Waals surface area contributed by atoms with E-state index in [0.717, 1.165) is 7.14 Å². The molecule has 25 heavy (non-hydrogen) atoms. The number of nitrogens with zero attached hydrogens (tertiary/aromatic N) is 4.